The Kier molecular flexibility index (Phi) is 8.30. The third-order valence-electron chi connectivity index (χ3n) is 8.92. The van der Waals surface area contributed by atoms with Crippen molar-refractivity contribution in [2.45, 2.75) is 97.4 Å². The van der Waals surface area contributed by atoms with Gasteiger partial charge in [0.2, 0.25) is 0 Å². The third kappa shape index (κ3) is 6.45. The minimum atomic E-state index is -0.303. The molecule has 6 heteroatoms. The van der Waals surface area contributed by atoms with Gasteiger partial charge in [-0.3, -0.25) is 9.80 Å². The Balaban J connectivity index is 1.50. The van der Waals surface area contributed by atoms with Crippen LogP contribution in [0.2, 0.25) is 0 Å². The second-order valence-electron chi connectivity index (χ2n) is 13.5. The van der Waals surface area contributed by atoms with Gasteiger partial charge in [-0.1, -0.05) is 32.9 Å². The first-order valence-corrected chi connectivity index (χ1v) is 14.9. The molecule has 6 nitrogen and oxygen atoms in total. The maximum Gasteiger partial charge on any atom is 0.142 e. The first kappa shape index (κ1) is 28.4. The number of fused-ring (bicyclic) bond motifs is 2. The number of aliphatic hydroxyl groups excluding tert-OH is 2. The molecular weight excluding hydrogens is 488 g/mol. The summed E-state index contributed by atoms with van der Waals surface area (Å²) in [5, 5.41) is 19.6. The Morgan fingerprint density at radius 2 is 1.31 bits per heavy atom. The Hall–Kier alpha value is -2.12. The van der Waals surface area contributed by atoms with E-state index in [1.54, 1.807) is 0 Å². The van der Waals surface area contributed by atoms with E-state index in [9.17, 15) is 10.2 Å². The van der Waals surface area contributed by atoms with Crippen LogP contribution in [0.25, 0.3) is 0 Å². The summed E-state index contributed by atoms with van der Waals surface area (Å²) < 4.78 is 12.3. The van der Waals surface area contributed by atoms with E-state index in [-0.39, 0.29) is 23.0 Å². The number of benzene rings is 2. The molecule has 0 aromatic heterocycles. The zero-order chi connectivity index (χ0) is 27.8. The molecule has 214 valence electrons. The van der Waals surface area contributed by atoms with Gasteiger partial charge in [0.05, 0.1) is 12.2 Å². The molecule has 2 aromatic carbocycles. The number of aliphatic hydroxyl groups is 2. The van der Waals surface area contributed by atoms with Gasteiger partial charge in [0.25, 0.3) is 0 Å². The van der Waals surface area contributed by atoms with E-state index in [1.807, 2.05) is 13.8 Å². The van der Waals surface area contributed by atoms with Gasteiger partial charge in [-0.15, -0.1) is 0 Å². The van der Waals surface area contributed by atoms with E-state index in [1.165, 1.54) is 28.7 Å². The van der Waals surface area contributed by atoms with E-state index in [2.05, 4.69) is 67.0 Å². The lowest BCUT2D eigenvalue weighted by molar-refractivity contribution is 0.0761. The molecule has 1 fully saturated rings. The molecule has 1 saturated carbocycles. The standard InChI is InChI=1S/C33H48N2O4/c1-23-16-32(4,5)20-33(17-23,28-6-8-30-26(14-28)18-34(21-38-30)12-10-24(2)36)29-7-9-31-27(15-29)19-35(22-39-31)13-11-25(3)37/h6-9,14-15,23-25,36-37H,10-13,16-22H2,1-5H3. The summed E-state index contributed by atoms with van der Waals surface area (Å²) in [4.78, 5) is 4.58. The molecular formula is C33H48N2O4. The van der Waals surface area contributed by atoms with Gasteiger partial charge >= 0.3 is 0 Å². The van der Waals surface area contributed by atoms with Crippen molar-refractivity contribution in [3.8, 4) is 11.5 Å². The van der Waals surface area contributed by atoms with E-state index in [0.717, 1.165) is 63.4 Å². The predicted octanol–water partition coefficient (Wildman–Crippen LogP) is 5.66. The average Bonchev–Trinajstić information content (AvgIpc) is 2.88. The van der Waals surface area contributed by atoms with E-state index in [0.29, 0.717) is 19.4 Å². The lowest BCUT2D eigenvalue weighted by Crippen LogP contribution is -2.42. The summed E-state index contributed by atoms with van der Waals surface area (Å²) in [5.41, 5.74) is 5.38. The fraction of sp³-hybridized carbons (Fsp3) is 0.636. The van der Waals surface area contributed by atoms with Crippen LogP contribution >= 0.6 is 0 Å². The van der Waals surface area contributed by atoms with Crippen molar-refractivity contribution in [1.82, 2.24) is 9.80 Å². The highest BCUT2D eigenvalue weighted by Crippen LogP contribution is 2.54. The molecule has 2 heterocycles. The SMILES string of the molecule is CC(O)CCN1COc2ccc(C3(c4ccc5c(c4)CN(CCC(C)O)CO5)CC(C)CC(C)(C)C3)cc2C1. The quantitative estimate of drug-likeness (QED) is 0.454. The van der Waals surface area contributed by atoms with Gasteiger partial charge in [-0.25, -0.2) is 0 Å². The van der Waals surface area contributed by atoms with Gasteiger partial charge in [0.15, 0.2) is 0 Å². The summed E-state index contributed by atoms with van der Waals surface area (Å²) >= 11 is 0. The molecule has 2 aliphatic heterocycles. The number of rotatable bonds is 8. The topological polar surface area (TPSA) is 65.4 Å². The molecule has 0 saturated heterocycles. The zero-order valence-electron chi connectivity index (χ0n) is 24.6. The van der Waals surface area contributed by atoms with Crippen molar-refractivity contribution in [3.05, 3.63) is 58.7 Å². The highest BCUT2D eigenvalue weighted by molar-refractivity contribution is 5.50. The van der Waals surface area contributed by atoms with Crippen LogP contribution in [0.5, 0.6) is 11.5 Å². The summed E-state index contributed by atoms with van der Waals surface area (Å²) in [6.07, 6.45) is 4.34. The number of ether oxygens (including phenoxy) is 2. The Bertz CT molecular complexity index is 1070. The Morgan fingerprint density at radius 1 is 0.821 bits per heavy atom. The first-order valence-electron chi connectivity index (χ1n) is 14.9. The zero-order valence-corrected chi connectivity index (χ0v) is 24.6. The maximum atomic E-state index is 9.79. The van der Waals surface area contributed by atoms with Crippen LogP contribution in [0, 0.1) is 11.3 Å². The highest BCUT2D eigenvalue weighted by atomic mass is 16.5. The van der Waals surface area contributed by atoms with Crippen molar-refractivity contribution >= 4 is 0 Å². The second-order valence-corrected chi connectivity index (χ2v) is 13.5. The van der Waals surface area contributed by atoms with Crippen LogP contribution in [-0.2, 0) is 18.5 Å². The number of nitrogens with zero attached hydrogens (tertiary/aromatic N) is 2. The van der Waals surface area contributed by atoms with Crippen LogP contribution in [-0.4, -0.2) is 58.8 Å². The monoisotopic (exact) mass is 536 g/mol. The van der Waals surface area contributed by atoms with E-state index >= 15 is 0 Å². The molecule has 2 N–H and O–H groups in total. The molecule has 3 aliphatic rings. The summed E-state index contributed by atoms with van der Waals surface area (Å²) in [6.45, 7) is 15.5. The van der Waals surface area contributed by atoms with Crippen molar-refractivity contribution in [2.24, 2.45) is 11.3 Å². The van der Waals surface area contributed by atoms with Crippen LogP contribution < -0.4 is 9.47 Å². The van der Waals surface area contributed by atoms with Gasteiger partial charge < -0.3 is 19.7 Å². The van der Waals surface area contributed by atoms with Crippen molar-refractivity contribution in [1.29, 1.82) is 0 Å². The third-order valence-corrected chi connectivity index (χ3v) is 8.92. The normalized spacial score (nSPS) is 26.6. The smallest absolute Gasteiger partial charge is 0.142 e. The lowest BCUT2D eigenvalue weighted by Gasteiger charge is -2.49. The first-order chi connectivity index (χ1) is 18.5. The van der Waals surface area contributed by atoms with Gasteiger partial charge in [-0.2, -0.15) is 0 Å². The van der Waals surface area contributed by atoms with Crippen LogP contribution in [0.15, 0.2) is 36.4 Å². The molecule has 3 atom stereocenters. The highest BCUT2D eigenvalue weighted by Gasteiger charge is 2.46. The fourth-order valence-corrected chi connectivity index (χ4v) is 7.38. The fourth-order valence-electron chi connectivity index (χ4n) is 7.38. The van der Waals surface area contributed by atoms with Crippen molar-refractivity contribution in [3.63, 3.8) is 0 Å². The predicted molar refractivity (Wildman–Crippen MR) is 155 cm³/mol. The van der Waals surface area contributed by atoms with Gasteiger partial charge in [0, 0.05) is 42.7 Å². The summed E-state index contributed by atoms with van der Waals surface area (Å²) in [5.74, 6) is 2.58. The van der Waals surface area contributed by atoms with Crippen LogP contribution in [0.4, 0.5) is 0 Å². The molecule has 5 rings (SSSR count). The van der Waals surface area contributed by atoms with E-state index < -0.39 is 0 Å². The van der Waals surface area contributed by atoms with E-state index in [4.69, 9.17) is 9.47 Å². The van der Waals surface area contributed by atoms with Crippen molar-refractivity contribution < 1.29 is 19.7 Å². The summed E-state index contributed by atoms with van der Waals surface area (Å²) in [6, 6.07) is 13.8. The molecule has 3 unspecified atom stereocenters. The molecule has 1 aliphatic carbocycles. The average molecular weight is 537 g/mol. The molecule has 2 aromatic rings. The lowest BCUT2D eigenvalue weighted by atomic mass is 9.55. The second kappa shape index (κ2) is 11.4. The Labute approximate surface area is 234 Å². The Morgan fingerprint density at radius 3 is 1.74 bits per heavy atom. The van der Waals surface area contributed by atoms with Crippen LogP contribution in [0.1, 0.15) is 89.0 Å². The number of hydrogen-bond acceptors (Lipinski definition) is 6. The number of hydrogen-bond donors (Lipinski definition) is 2. The largest absolute Gasteiger partial charge is 0.478 e. The van der Waals surface area contributed by atoms with Gasteiger partial charge in [0.1, 0.15) is 25.0 Å². The molecule has 0 spiro atoms. The van der Waals surface area contributed by atoms with Crippen LogP contribution in [0.3, 0.4) is 0 Å². The summed E-state index contributed by atoms with van der Waals surface area (Å²) in [7, 11) is 0. The molecule has 39 heavy (non-hydrogen) atoms. The van der Waals surface area contributed by atoms with Crippen molar-refractivity contribution in [2.75, 3.05) is 26.6 Å². The molecule has 0 amide bonds. The minimum absolute atomic E-state index is 0.0883. The minimum Gasteiger partial charge on any atom is -0.478 e. The maximum absolute atomic E-state index is 9.79. The molecule has 0 bridgehead atoms. The van der Waals surface area contributed by atoms with Gasteiger partial charge in [-0.05, 0) is 92.7 Å². The molecule has 0 radical (unpaired) electrons.